The third-order valence-electron chi connectivity index (χ3n) is 3.13. The van der Waals surface area contributed by atoms with Crippen molar-refractivity contribution in [2.45, 2.75) is 18.9 Å². The number of benzene rings is 1. The first-order valence-electron chi connectivity index (χ1n) is 6.32. The zero-order valence-corrected chi connectivity index (χ0v) is 10.4. The molecule has 1 saturated heterocycles. The molecule has 1 unspecified atom stereocenters. The summed E-state index contributed by atoms with van der Waals surface area (Å²) in [6.07, 6.45) is 1.62. The molecule has 2 rings (SSSR count). The van der Waals surface area contributed by atoms with Gasteiger partial charge in [-0.1, -0.05) is 12.1 Å². The lowest BCUT2D eigenvalue weighted by Gasteiger charge is -2.15. The minimum atomic E-state index is -0.162. The second kappa shape index (κ2) is 6.39. The van der Waals surface area contributed by atoms with Crippen molar-refractivity contribution in [2.75, 3.05) is 26.2 Å². The summed E-state index contributed by atoms with van der Waals surface area (Å²) in [4.78, 5) is 2.24. The van der Waals surface area contributed by atoms with Gasteiger partial charge < -0.3 is 14.7 Å². The smallest absolute Gasteiger partial charge is 0.137 e. The van der Waals surface area contributed by atoms with Gasteiger partial charge in [-0.3, -0.25) is 0 Å². The van der Waals surface area contributed by atoms with Crippen LogP contribution in [0.4, 0.5) is 0 Å². The van der Waals surface area contributed by atoms with Crippen LogP contribution in [0.1, 0.15) is 18.4 Å². The quantitative estimate of drug-likeness (QED) is 0.798. The first-order chi connectivity index (χ1) is 8.79. The molecule has 1 aliphatic rings. The van der Waals surface area contributed by atoms with E-state index in [1.54, 1.807) is 6.07 Å². The van der Waals surface area contributed by atoms with Gasteiger partial charge in [-0.2, -0.15) is 5.26 Å². The zero-order valence-electron chi connectivity index (χ0n) is 10.4. The lowest BCUT2D eigenvalue weighted by Crippen LogP contribution is -2.24. The van der Waals surface area contributed by atoms with Crippen LogP contribution in [0.25, 0.3) is 0 Å². The highest BCUT2D eigenvalue weighted by Gasteiger charge is 2.19. The maximum absolute atomic E-state index is 9.39. The predicted molar refractivity (Wildman–Crippen MR) is 68.3 cm³/mol. The van der Waals surface area contributed by atoms with Crippen LogP contribution >= 0.6 is 0 Å². The molecule has 0 spiro atoms. The van der Waals surface area contributed by atoms with Crippen molar-refractivity contribution in [1.29, 1.82) is 5.26 Å². The molecule has 1 heterocycles. The molecule has 0 amide bonds. The number of aliphatic hydroxyl groups excluding tert-OH is 1. The number of nitrogens with zero attached hydrogens (tertiary/aromatic N) is 2. The van der Waals surface area contributed by atoms with Crippen LogP contribution in [-0.2, 0) is 0 Å². The predicted octanol–water partition coefficient (Wildman–Crippen LogP) is 1.39. The van der Waals surface area contributed by atoms with Crippen molar-refractivity contribution in [3.8, 4) is 11.8 Å². The lowest BCUT2D eigenvalue weighted by atomic mass is 10.2. The Morgan fingerprint density at radius 1 is 1.44 bits per heavy atom. The monoisotopic (exact) mass is 246 g/mol. The summed E-state index contributed by atoms with van der Waals surface area (Å²) < 4.78 is 5.60. The molecule has 0 aliphatic carbocycles. The SMILES string of the molecule is N#Cc1ccccc1OCCCN1CCC(O)C1. The maximum atomic E-state index is 9.39. The Balaban J connectivity index is 1.71. The molecule has 4 nitrogen and oxygen atoms in total. The molecular weight excluding hydrogens is 228 g/mol. The minimum absolute atomic E-state index is 0.162. The van der Waals surface area contributed by atoms with E-state index in [0.717, 1.165) is 32.5 Å². The van der Waals surface area contributed by atoms with Crippen molar-refractivity contribution in [3.63, 3.8) is 0 Å². The highest BCUT2D eigenvalue weighted by Crippen LogP contribution is 2.16. The number of hydrogen-bond acceptors (Lipinski definition) is 4. The van der Waals surface area contributed by atoms with Gasteiger partial charge in [0.25, 0.3) is 0 Å². The Morgan fingerprint density at radius 2 is 2.28 bits per heavy atom. The number of ether oxygens (including phenoxy) is 1. The van der Waals surface area contributed by atoms with Gasteiger partial charge in [0.15, 0.2) is 0 Å². The van der Waals surface area contributed by atoms with Crippen molar-refractivity contribution < 1.29 is 9.84 Å². The summed E-state index contributed by atoms with van der Waals surface area (Å²) in [5.74, 6) is 0.654. The fourth-order valence-corrected chi connectivity index (χ4v) is 2.17. The van der Waals surface area contributed by atoms with Gasteiger partial charge in [0, 0.05) is 19.6 Å². The normalized spacial score (nSPS) is 19.7. The fourth-order valence-electron chi connectivity index (χ4n) is 2.17. The number of hydrogen-bond donors (Lipinski definition) is 1. The molecule has 1 N–H and O–H groups in total. The van der Waals surface area contributed by atoms with E-state index in [0.29, 0.717) is 17.9 Å². The summed E-state index contributed by atoms with van der Waals surface area (Å²) in [6, 6.07) is 9.39. The number of aliphatic hydroxyl groups is 1. The number of nitriles is 1. The second-order valence-corrected chi connectivity index (χ2v) is 4.55. The zero-order chi connectivity index (χ0) is 12.8. The van der Waals surface area contributed by atoms with Gasteiger partial charge in [-0.05, 0) is 25.0 Å². The van der Waals surface area contributed by atoms with Crippen LogP contribution in [-0.4, -0.2) is 42.4 Å². The number of likely N-dealkylation sites (tertiary alicyclic amines) is 1. The average Bonchev–Trinajstić information content (AvgIpc) is 2.81. The van der Waals surface area contributed by atoms with Gasteiger partial charge in [-0.15, -0.1) is 0 Å². The Morgan fingerprint density at radius 3 is 3.00 bits per heavy atom. The molecule has 0 radical (unpaired) electrons. The van der Waals surface area contributed by atoms with Crippen LogP contribution < -0.4 is 4.74 Å². The third-order valence-corrected chi connectivity index (χ3v) is 3.13. The van der Waals surface area contributed by atoms with Gasteiger partial charge in [0.05, 0.1) is 18.3 Å². The average molecular weight is 246 g/mol. The second-order valence-electron chi connectivity index (χ2n) is 4.55. The van der Waals surface area contributed by atoms with E-state index in [-0.39, 0.29) is 6.10 Å². The molecule has 1 fully saturated rings. The summed E-state index contributed by atoms with van der Waals surface area (Å²) in [5.41, 5.74) is 0.578. The molecule has 1 atom stereocenters. The standard InChI is InChI=1S/C14H18N2O2/c15-10-12-4-1-2-5-14(12)18-9-3-7-16-8-6-13(17)11-16/h1-2,4-5,13,17H,3,6-9,11H2. The fraction of sp³-hybridized carbons (Fsp3) is 0.500. The lowest BCUT2D eigenvalue weighted by molar-refractivity contribution is 0.173. The van der Waals surface area contributed by atoms with Gasteiger partial charge >= 0.3 is 0 Å². The summed E-state index contributed by atoms with van der Waals surface area (Å²) in [5, 5.41) is 18.3. The Labute approximate surface area is 107 Å². The van der Waals surface area contributed by atoms with E-state index < -0.39 is 0 Å². The van der Waals surface area contributed by atoms with Crippen molar-refractivity contribution >= 4 is 0 Å². The molecule has 1 aromatic rings. The number of rotatable bonds is 5. The Bertz CT molecular complexity index is 428. The molecule has 4 heteroatoms. The first-order valence-corrected chi connectivity index (χ1v) is 6.32. The highest BCUT2D eigenvalue weighted by molar-refractivity contribution is 5.42. The maximum Gasteiger partial charge on any atom is 0.137 e. The van der Waals surface area contributed by atoms with Crippen molar-refractivity contribution in [2.24, 2.45) is 0 Å². The molecule has 96 valence electrons. The van der Waals surface area contributed by atoms with Crippen LogP contribution in [0.2, 0.25) is 0 Å². The van der Waals surface area contributed by atoms with Crippen LogP contribution in [0, 0.1) is 11.3 Å². The molecule has 0 bridgehead atoms. The Hall–Kier alpha value is -1.57. The topological polar surface area (TPSA) is 56.5 Å². The van der Waals surface area contributed by atoms with Gasteiger partial charge in [0.1, 0.15) is 11.8 Å². The largest absolute Gasteiger partial charge is 0.492 e. The van der Waals surface area contributed by atoms with E-state index >= 15 is 0 Å². The highest BCUT2D eigenvalue weighted by atomic mass is 16.5. The number of para-hydroxylation sites is 1. The van der Waals surface area contributed by atoms with Crippen LogP contribution in [0.15, 0.2) is 24.3 Å². The van der Waals surface area contributed by atoms with Crippen LogP contribution in [0.3, 0.4) is 0 Å². The Kier molecular flexibility index (Phi) is 4.57. The van der Waals surface area contributed by atoms with E-state index in [4.69, 9.17) is 10.00 Å². The van der Waals surface area contributed by atoms with E-state index in [2.05, 4.69) is 11.0 Å². The summed E-state index contributed by atoms with van der Waals surface area (Å²) >= 11 is 0. The molecule has 1 aromatic carbocycles. The molecule has 0 saturated carbocycles. The molecule has 1 aliphatic heterocycles. The minimum Gasteiger partial charge on any atom is -0.492 e. The number of β-amino-alcohol motifs (C(OH)–C–C–N with tert-alkyl or cyclic N) is 1. The summed E-state index contributed by atoms with van der Waals surface area (Å²) in [6.45, 7) is 3.28. The van der Waals surface area contributed by atoms with E-state index in [9.17, 15) is 5.11 Å². The molecule has 0 aromatic heterocycles. The summed E-state index contributed by atoms with van der Waals surface area (Å²) in [7, 11) is 0. The van der Waals surface area contributed by atoms with E-state index in [1.165, 1.54) is 0 Å². The van der Waals surface area contributed by atoms with Crippen LogP contribution in [0.5, 0.6) is 5.75 Å². The molecule has 18 heavy (non-hydrogen) atoms. The van der Waals surface area contributed by atoms with Crippen molar-refractivity contribution in [1.82, 2.24) is 4.90 Å². The van der Waals surface area contributed by atoms with Crippen molar-refractivity contribution in [3.05, 3.63) is 29.8 Å². The third kappa shape index (κ3) is 3.46. The van der Waals surface area contributed by atoms with Gasteiger partial charge in [0.2, 0.25) is 0 Å². The molecular formula is C14H18N2O2. The van der Waals surface area contributed by atoms with E-state index in [1.807, 2.05) is 18.2 Å². The first kappa shape index (κ1) is 12.9. The van der Waals surface area contributed by atoms with Gasteiger partial charge in [-0.25, -0.2) is 0 Å².